The predicted octanol–water partition coefficient (Wildman–Crippen LogP) is 4.56. The standard InChI is InChI=1S/C15H20F3NO/c16-15(17,18)20-13-8-6-12(7-9-13)14(19)10-11-4-2-1-3-5-11/h6-9,11,14H,1-5,10,19H2. The third kappa shape index (κ3) is 4.71. The van der Waals surface area contributed by atoms with Crippen molar-refractivity contribution in [2.75, 3.05) is 0 Å². The van der Waals surface area contributed by atoms with Gasteiger partial charge in [0.1, 0.15) is 5.75 Å². The van der Waals surface area contributed by atoms with Crippen molar-refractivity contribution < 1.29 is 17.9 Å². The minimum absolute atomic E-state index is 0.113. The molecule has 1 unspecified atom stereocenters. The van der Waals surface area contributed by atoms with Gasteiger partial charge in [-0.05, 0) is 30.0 Å². The van der Waals surface area contributed by atoms with Crippen LogP contribution in [0.3, 0.4) is 0 Å². The van der Waals surface area contributed by atoms with Gasteiger partial charge in [-0.2, -0.15) is 0 Å². The van der Waals surface area contributed by atoms with Gasteiger partial charge in [0.25, 0.3) is 0 Å². The van der Waals surface area contributed by atoms with Crippen LogP contribution in [0.2, 0.25) is 0 Å². The van der Waals surface area contributed by atoms with Crippen LogP contribution in [0.1, 0.15) is 50.1 Å². The lowest BCUT2D eigenvalue weighted by Gasteiger charge is -2.24. The second-order valence-electron chi connectivity index (χ2n) is 5.46. The highest BCUT2D eigenvalue weighted by molar-refractivity contribution is 5.29. The maximum absolute atomic E-state index is 12.1. The first-order chi connectivity index (χ1) is 9.44. The monoisotopic (exact) mass is 287 g/mol. The van der Waals surface area contributed by atoms with Crippen molar-refractivity contribution >= 4 is 0 Å². The third-order valence-corrected chi connectivity index (χ3v) is 3.85. The first-order valence-corrected chi connectivity index (χ1v) is 7.05. The molecule has 1 aliphatic carbocycles. The minimum Gasteiger partial charge on any atom is -0.406 e. The second kappa shape index (κ2) is 6.48. The van der Waals surface area contributed by atoms with Crippen LogP contribution in [0.5, 0.6) is 5.75 Å². The van der Waals surface area contributed by atoms with Gasteiger partial charge in [-0.3, -0.25) is 0 Å². The van der Waals surface area contributed by atoms with Crippen LogP contribution in [-0.4, -0.2) is 6.36 Å². The van der Waals surface area contributed by atoms with Crippen molar-refractivity contribution in [1.82, 2.24) is 0 Å². The minimum atomic E-state index is -4.65. The molecule has 0 bridgehead atoms. The zero-order valence-electron chi connectivity index (χ0n) is 11.3. The summed E-state index contributed by atoms with van der Waals surface area (Å²) in [7, 11) is 0. The smallest absolute Gasteiger partial charge is 0.406 e. The highest BCUT2D eigenvalue weighted by Gasteiger charge is 2.31. The van der Waals surface area contributed by atoms with Gasteiger partial charge in [0, 0.05) is 6.04 Å². The first-order valence-electron chi connectivity index (χ1n) is 7.05. The van der Waals surface area contributed by atoms with E-state index in [0.717, 1.165) is 12.0 Å². The molecule has 2 N–H and O–H groups in total. The van der Waals surface area contributed by atoms with Gasteiger partial charge in [0.05, 0.1) is 0 Å². The molecule has 2 nitrogen and oxygen atoms in total. The van der Waals surface area contributed by atoms with Crippen LogP contribution in [0.15, 0.2) is 24.3 Å². The van der Waals surface area contributed by atoms with Crippen molar-refractivity contribution in [2.24, 2.45) is 11.7 Å². The van der Waals surface area contributed by atoms with Crippen LogP contribution in [0.4, 0.5) is 13.2 Å². The molecule has 1 fully saturated rings. The average Bonchev–Trinajstić information content (AvgIpc) is 2.39. The lowest BCUT2D eigenvalue weighted by Crippen LogP contribution is -2.18. The maximum atomic E-state index is 12.1. The molecule has 0 amide bonds. The Kier molecular flexibility index (Phi) is 4.91. The van der Waals surface area contributed by atoms with Crippen LogP contribution in [0.25, 0.3) is 0 Å². The number of halogens is 3. The Balaban J connectivity index is 1.91. The van der Waals surface area contributed by atoms with Crippen LogP contribution in [-0.2, 0) is 0 Å². The third-order valence-electron chi connectivity index (χ3n) is 3.85. The highest BCUT2D eigenvalue weighted by atomic mass is 19.4. The van der Waals surface area contributed by atoms with E-state index in [4.69, 9.17) is 5.73 Å². The van der Waals surface area contributed by atoms with E-state index in [1.165, 1.54) is 44.2 Å². The molecule has 0 aliphatic heterocycles. The lowest BCUT2D eigenvalue weighted by molar-refractivity contribution is -0.274. The van der Waals surface area contributed by atoms with E-state index in [1.54, 1.807) is 12.1 Å². The van der Waals surface area contributed by atoms with E-state index in [2.05, 4.69) is 4.74 Å². The Morgan fingerprint density at radius 1 is 1.10 bits per heavy atom. The summed E-state index contributed by atoms with van der Waals surface area (Å²) >= 11 is 0. The van der Waals surface area contributed by atoms with Gasteiger partial charge >= 0.3 is 6.36 Å². The summed E-state index contributed by atoms with van der Waals surface area (Å²) < 4.78 is 40.0. The molecule has 112 valence electrons. The summed E-state index contributed by atoms with van der Waals surface area (Å²) in [6.07, 6.45) is 2.50. The molecule has 0 radical (unpaired) electrons. The van der Waals surface area contributed by atoms with Crippen molar-refractivity contribution in [3.05, 3.63) is 29.8 Å². The van der Waals surface area contributed by atoms with Crippen molar-refractivity contribution in [3.8, 4) is 5.75 Å². The van der Waals surface area contributed by atoms with Gasteiger partial charge in [-0.15, -0.1) is 13.2 Å². The number of nitrogens with two attached hydrogens (primary N) is 1. The van der Waals surface area contributed by atoms with Crippen LogP contribution < -0.4 is 10.5 Å². The number of hydrogen-bond acceptors (Lipinski definition) is 2. The molecule has 1 aromatic rings. The molecule has 0 aromatic heterocycles. The summed E-state index contributed by atoms with van der Waals surface area (Å²) in [4.78, 5) is 0. The van der Waals surface area contributed by atoms with Gasteiger partial charge in [0.15, 0.2) is 0 Å². The zero-order valence-corrected chi connectivity index (χ0v) is 11.3. The summed E-state index contributed by atoms with van der Waals surface area (Å²) in [5.74, 6) is 0.441. The average molecular weight is 287 g/mol. The zero-order chi connectivity index (χ0) is 14.6. The van der Waals surface area contributed by atoms with Crippen LogP contribution in [0, 0.1) is 5.92 Å². The molecule has 20 heavy (non-hydrogen) atoms. The summed E-state index contributed by atoms with van der Waals surface area (Å²) in [6, 6.07) is 5.77. The molecule has 1 aliphatic rings. The molecule has 1 atom stereocenters. The van der Waals surface area contributed by atoms with Crippen molar-refractivity contribution in [2.45, 2.75) is 50.9 Å². The molecule has 1 aromatic carbocycles. The Morgan fingerprint density at radius 2 is 1.70 bits per heavy atom. The highest BCUT2D eigenvalue weighted by Crippen LogP contribution is 2.31. The SMILES string of the molecule is NC(CC1CCCCC1)c1ccc(OC(F)(F)F)cc1. The number of rotatable bonds is 4. The molecular formula is C15H20F3NO. The molecule has 1 saturated carbocycles. The Morgan fingerprint density at radius 3 is 2.25 bits per heavy atom. The van der Waals surface area contributed by atoms with E-state index in [9.17, 15) is 13.2 Å². The lowest BCUT2D eigenvalue weighted by atomic mass is 9.83. The van der Waals surface area contributed by atoms with Gasteiger partial charge in [0.2, 0.25) is 0 Å². The van der Waals surface area contributed by atoms with E-state index >= 15 is 0 Å². The van der Waals surface area contributed by atoms with Crippen LogP contribution >= 0.6 is 0 Å². The largest absolute Gasteiger partial charge is 0.573 e. The van der Waals surface area contributed by atoms with E-state index in [1.807, 2.05) is 0 Å². The quantitative estimate of drug-likeness (QED) is 0.881. The fraction of sp³-hybridized carbons (Fsp3) is 0.600. The second-order valence-corrected chi connectivity index (χ2v) is 5.46. The normalized spacial score (nSPS) is 18.8. The Bertz CT molecular complexity index is 410. The Hall–Kier alpha value is -1.23. The summed E-state index contributed by atoms with van der Waals surface area (Å²) in [6.45, 7) is 0. The molecule has 2 rings (SSSR count). The van der Waals surface area contributed by atoms with Gasteiger partial charge < -0.3 is 10.5 Å². The van der Waals surface area contributed by atoms with Crippen molar-refractivity contribution in [3.63, 3.8) is 0 Å². The topological polar surface area (TPSA) is 35.2 Å². The number of ether oxygens (including phenoxy) is 1. The van der Waals surface area contributed by atoms with Crippen molar-refractivity contribution in [1.29, 1.82) is 0 Å². The Labute approximate surface area is 117 Å². The molecule has 0 heterocycles. The first kappa shape index (κ1) is 15.2. The number of hydrogen-bond donors (Lipinski definition) is 1. The van der Waals surface area contributed by atoms with Gasteiger partial charge in [-0.1, -0.05) is 44.2 Å². The number of benzene rings is 1. The molecule has 5 heteroatoms. The molecule has 0 saturated heterocycles. The van der Waals surface area contributed by atoms with E-state index in [0.29, 0.717) is 5.92 Å². The molecule has 0 spiro atoms. The molecular weight excluding hydrogens is 267 g/mol. The maximum Gasteiger partial charge on any atom is 0.573 e. The fourth-order valence-electron chi connectivity index (χ4n) is 2.83. The summed E-state index contributed by atoms with van der Waals surface area (Å²) in [5.41, 5.74) is 7.01. The van der Waals surface area contributed by atoms with Gasteiger partial charge in [-0.25, -0.2) is 0 Å². The summed E-state index contributed by atoms with van der Waals surface area (Å²) in [5, 5.41) is 0. The fourth-order valence-corrected chi connectivity index (χ4v) is 2.83. The van der Waals surface area contributed by atoms with E-state index in [-0.39, 0.29) is 11.8 Å². The predicted molar refractivity (Wildman–Crippen MR) is 71.2 cm³/mol. The van der Waals surface area contributed by atoms with E-state index < -0.39 is 6.36 Å². The number of alkyl halides is 3.